The van der Waals surface area contributed by atoms with E-state index in [1.54, 1.807) is 6.92 Å². The lowest BCUT2D eigenvalue weighted by Crippen LogP contribution is -2.10. The zero-order valence-corrected chi connectivity index (χ0v) is 14.6. The molecule has 0 atom stereocenters. The monoisotopic (exact) mass is 324 g/mol. The Kier molecular flexibility index (Phi) is 4.89. The summed E-state index contributed by atoms with van der Waals surface area (Å²) >= 11 is 0. The van der Waals surface area contributed by atoms with E-state index in [0.29, 0.717) is 24.7 Å². The highest BCUT2D eigenvalue weighted by atomic mass is 16.5. The van der Waals surface area contributed by atoms with E-state index in [2.05, 4.69) is 26.0 Å². The molecule has 2 aromatic carbocycles. The van der Waals surface area contributed by atoms with Crippen LogP contribution in [0.25, 0.3) is 0 Å². The van der Waals surface area contributed by atoms with Crippen molar-refractivity contribution in [3.05, 3.63) is 58.7 Å². The quantitative estimate of drug-likeness (QED) is 0.549. The van der Waals surface area contributed by atoms with Crippen molar-refractivity contribution in [3.8, 4) is 11.5 Å². The van der Waals surface area contributed by atoms with Gasteiger partial charge in [0.1, 0.15) is 18.1 Å². The molecule has 24 heavy (non-hydrogen) atoms. The van der Waals surface area contributed by atoms with Crippen molar-refractivity contribution >= 4 is 5.97 Å². The predicted octanol–water partition coefficient (Wildman–Crippen LogP) is 5.08. The third-order valence-electron chi connectivity index (χ3n) is 4.56. The summed E-state index contributed by atoms with van der Waals surface area (Å²) in [5, 5.41) is 0. The molecule has 1 aliphatic carbocycles. The largest absolute Gasteiger partial charge is 0.489 e. The molecule has 0 N–H and O–H groups in total. The van der Waals surface area contributed by atoms with E-state index in [4.69, 9.17) is 9.47 Å². The molecule has 0 aromatic heterocycles. The summed E-state index contributed by atoms with van der Waals surface area (Å²) in [6.07, 6.45) is 2.76. The molecule has 0 unspecified atom stereocenters. The molecule has 3 heteroatoms. The second-order valence-corrected chi connectivity index (χ2v) is 6.46. The van der Waals surface area contributed by atoms with Gasteiger partial charge in [0.05, 0.1) is 0 Å². The Labute approximate surface area is 143 Å². The minimum Gasteiger partial charge on any atom is -0.489 e. The van der Waals surface area contributed by atoms with Crippen molar-refractivity contribution in [2.45, 2.75) is 52.6 Å². The Morgan fingerprint density at radius 3 is 2.58 bits per heavy atom. The van der Waals surface area contributed by atoms with Crippen LogP contribution in [0.4, 0.5) is 0 Å². The topological polar surface area (TPSA) is 35.5 Å². The number of ether oxygens (including phenoxy) is 2. The van der Waals surface area contributed by atoms with Gasteiger partial charge in [-0.05, 0) is 67.5 Å². The van der Waals surface area contributed by atoms with Crippen LogP contribution < -0.4 is 9.47 Å². The molecular formula is C21H24O3. The van der Waals surface area contributed by atoms with E-state index < -0.39 is 0 Å². The molecule has 126 valence electrons. The third kappa shape index (κ3) is 3.78. The van der Waals surface area contributed by atoms with E-state index in [-0.39, 0.29) is 5.97 Å². The highest BCUT2D eigenvalue weighted by Crippen LogP contribution is 2.44. The number of hydrogen-bond acceptors (Lipinski definition) is 3. The lowest BCUT2D eigenvalue weighted by Gasteiger charge is -2.16. The Hall–Kier alpha value is -2.29. The van der Waals surface area contributed by atoms with Crippen LogP contribution in [0.5, 0.6) is 11.5 Å². The van der Waals surface area contributed by atoms with Crippen molar-refractivity contribution in [1.29, 1.82) is 0 Å². The molecule has 3 rings (SSSR count). The van der Waals surface area contributed by atoms with Gasteiger partial charge in [0.25, 0.3) is 0 Å². The van der Waals surface area contributed by atoms with E-state index in [1.165, 1.54) is 29.5 Å². The molecule has 0 heterocycles. The molecular weight excluding hydrogens is 300 g/mol. The fourth-order valence-corrected chi connectivity index (χ4v) is 2.76. The molecule has 1 aliphatic rings. The number of hydrogen-bond donors (Lipinski definition) is 0. The maximum atomic E-state index is 11.7. The molecule has 3 nitrogen and oxygen atoms in total. The maximum Gasteiger partial charge on any atom is 0.310 e. The number of benzene rings is 2. The summed E-state index contributed by atoms with van der Waals surface area (Å²) in [6.45, 7) is 6.39. The Balaban J connectivity index is 1.84. The average molecular weight is 324 g/mol. The number of carbonyl (C=O) groups excluding carboxylic acids is 1. The lowest BCUT2D eigenvalue weighted by atomic mass is 10.0. The van der Waals surface area contributed by atoms with Crippen molar-refractivity contribution in [2.75, 3.05) is 0 Å². The van der Waals surface area contributed by atoms with Gasteiger partial charge in [-0.2, -0.15) is 0 Å². The van der Waals surface area contributed by atoms with Crippen molar-refractivity contribution in [2.24, 2.45) is 0 Å². The fourth-order valence-electron chi connectivity index (χ4n) is 2.76. The van der Waals surface area contributed by atoms with E-state index in [9.17, 15) is 4.79 Å². The molecule has 0 saturated heterocycles. The van der Waals surface area contributed by atoms with Gasteiger partial charge >= 0.3 is 5.97 Å². The molecule has 0 bridgehead atoms. The van der Waals surface area contributed by atoms with Gasteiger partial charge in [0, 0.05) is 12.0 Å². The molecule has 0 aliphatic heterocycles. The maximum absolute atomic E-state index is 11.7. The molecule has 1 fully saturated rings. The summed E-state index contributed by atoms with van der Waals surface area (Å²) < 4.78 is 11.5. The van der Waals surface area contributed by atoms with Gasteiger partial charge in [-0.25, -0.2) is 0 Å². The minimum absolute atomic E-state index is 0.213. The normalized spacial score (nSPS) is 13.6. The van der Waals surface area contributed by atoms with Crippen LogP contribution in [0, 0.1) is 13.8 Å². The van der Waals surface area contributed by atoms with Gasteiger partial charge in [0.2, 0.25) is 0 Å². The first-order valence-corrected chi connectivity index (χ1v) is 8.61. The highest BCUT2D eigenvalue weighted by molar-refractivity contribution is 5.72. The second kappa shape index (κ2) is 7.08. The summed E-state index contributed by atoms with van der Waals surface area (Å²) in [5.74, 6) is 1.84. The fraction of sp³-hybridized carbons (Fsp3) is 0.381. The first kappa shape index (κ1) is 16.6. The Morgan fingerprint density at radius 2 is 1.92 bits per heavy atom. The van der Waals surface area contributed by atoms with Crippen LogP contribution in [0.1, 0.15) is 54.4 Å². The van der Waals surface area contributed by atoms with Gasteiger partial charge in [0.15, 0.2) is 0 Å². The van der Waals surface area contributed by atoms with E-state index >= 15 is 0 Å². The summed E-state index contributed by atoms with van der Waals surface area (Å²) in [4.78, 5) is 11.7. The lowest BCUT2D eigenvalue weighted by molar-refractivity contribution is -0.134. The van der Waals surface area contributed by atoms with Crippen LogP contribution in [0.2, 0.25) is 0 Å². The minimum atomic E-state index is -0.213. The smallest absolute Gasteiger partial charge is 0.310 e. The molecule has 2 aromatic rings. The number of aryl methyl sites for hydroxylation is 2. The summed E-state index contributed by atoms with van der Waals surface area (Å²) in [5.41, 5.74) is 4.71. The average Bonchev–Trinajstić information content (AvgIpc) is 3.41. The third-order valence-corrected chi connectivity index (χ3v) is 4.56. The number of carbonyl (C=O) groups is 1. The number of esters is 1. The van der Waals surface area contributed by atoms with Gasteiger partial charge in [-0.15, -0.1) is 0 Å². The zero-order chi connectivity index (χ0) is 17.1. The molecule has 1 saturated carbocycles. The number of rotatable bonds is 6. The summed E-state index contributed by atoms with van der Waals surface area (Å²) in [7, 11) is 0. The predicted molar refractivity (Wildman–Crippen MR) is 94.6 cm³/mol. The zero-order valence-electron chi connectivity index (χ0n) is 14.6. The van der Waals surface area contributed by atoms with Crippen LogP contribution in [0.3, 0.4) is 0 Å². The van der Waals surface area contributed by atoms with E-state index in [1.807, 2.05) is 24.3 Å². The standard InChI is InChI=1S/C21H24O3/c1-4-21(22)24-20-7-5-6-18(16-9-10-16)19(20)13-23-17-11-8-14(2)15(3)12-17/h5-8,11-12,16H,4,9-10,13H2,1-3H3. The first-order chi connectivity index (χ1) is 11.6. The SMILES string of the molecule is CCC(=O)Oc1cccc(C2CC2)c1COc1ccc(C)c(C)c1. The van der Waals surface area contributed by atoms with Crippen molar-refractivity contribution in [1.82, 2.24) is 0 Å². The second-order valence-electron chi connectivity index (χ2n) is 6.46. The van der Waals surface area contributed by atoms with Crippen molar-refractivity contribution < 1.29 is 14.3 Å². The molecule has 0 spiro atoms. The Bertz CT molecular complexity index is 745. The van der Waals surface area contributed by atoms with Gasteiger partial charge < -0.3 is 9.47 Å². The first-order valence-electron chi connectivity index (χ1n) is 8.61. The van der Waals surface area contributed by atoms with Crippen molar-refractivity contribution in [3.63, 3.8) is 0 Å². The van der Waals surface area contributed by atoms with Crippen LogP contribution in [-0.2, 0) is 11.4 Å². The van der Waals surface area contributed by atoms with Crippen LogP contribution in [0.15, 0.2) is 36.4 Å². The summed E-state index contributed by atoms with van der Waals surface area (Å²) in [6, 6.07) is 12.0. The van der Waals surface area contributed by atoms with Gasteiger partial charge in [-0.3, -0.25) is 4.79 Å². The highest BCUT2D eigenvalue weighted by Gasteiger charge is 2.28. The van der Waals surface area contributed by atoms with Crippen LogP contribution in [-0.4, -0.2) is 5.97 Å². The molecule has 0 amide bonds. The Morgan fingerprint density at radius 1 is 1.12 bits per heavy atom. The van der Waals surface area contributed by atoms with Gasteiger partial charge in [-0.1, -0.05) is 25.1 Å². The van der Waals surface area contributed by atoms with E-state index in [0.717, 1.165) is 11.3 Å². The molecule has 0 radical (unpaired) electrons. The van der Waals surface area contributed by atoms with Crippen LogP contribution >= 0.6 is 0 Å².